The van der Waals surface area contributed by atoms with E-state index in [4.69, 9.17) is 9.15 Å². The van der Waals surface area contributed by atoms with E-state index in [2.05, 4.69) is 5.32 Å². The molecule has 0 radical (unpaired) electrons. The number of nitriles is 1. The minimum Gasteiger partial charge on any atom is -0.497 e. The van der Waals surface area contributed by atoms with E-state index in [-0.39, 0.29) is 18.0 Å². The van der Waals surface area contributed by atoms with E-state index < -0.39 is 11.2 Å². The van der Waals surface area contributed by atoms with Crippen LogP contribution < -0.4 is 15.0 Å². The fourth-order valence-electron chi connectivity index (χ4n) is 3.56. The predicted molar refractivity (Wildman–Crippen MR) is 130 cm³/mol. The molecule has 1 saturated heterocycles. The molecule has 172 valence electrons. The molecular weight excluding hydrogens is 450 g/mol. The Morgan fingerprint density at radius 3 is 2.53 bits per heavy atom. The summed E-state index contributed by atoms with van der Waals surface area (Å²) in [6.07, 6.45) is 1.96. The molecule has 0 saturated carbocycles. The Kier molecular flexibility index (Phi) is 7.04. The molecule has 0 bridgehead atoms. The van der Waals surface area contributed by atoms with Gasteiger partial charge in [0.05, 0.1) is 25.2 Å². The number of nitrogens with zero attached hydrogens (tertiary/aromatic N) is 2. The van der Waals surface area contributed by atoms with Crippen LogP contribution in [0, 0.1) is 18.3 Å². The first-order valence-electron chi connectivity index (χ1n) is 10.7. The number of benzene rings is 2. The molecule has 8 heteroatoms. The third-order valence-corrected chi connectivity index (χ3v) is 6.64. The number of hydrogen-bond donors (Lipinski definition) is 1. The van der Waals surface area contributed by atoms with Gasteiger partial charge in [-0.1, -0.05) is 41.6 Å². The van der Waals surface area contributed by atoms with Crippen molar-refractivity contribution in [2.24, 2.45) is 0 Å². The van der Waals surface area contributed by atoms with Gasteiger partial charge in [0.15, 0.2) is 0 Å². The minimum absolute atomic E-state index is 0.109. The summed E-state index contributed by atoms with van der Waals surface area (Å²) in [5, 5.41) is 12.4. The van der Waals surface area contributed by atoms with Crippen molar-refractivity contribution in [3.05, 3.63) is 94.4 Å². The number of carbonyl (C=O) groups excluding carboxylic acids is 2. The molecule has 2 aromatic carbocycles. The summed E-state index contributed by atoms with van der Waals surface area (Å²) < 4.78 is 10.5. The van der Waals surface area contributed by atoms with Crippen molar-refractivity contribution < 1.29 is 18.7 Å². The quantitative estimate of drug-likeness (QED) is 0.405. The summed E-state index contributed by atoms with van der Waals surface area (Å²) in [5.74, 6) is 0.567. The van der Waals surface area contributed by atoms with Crippen LogP contribution in [0.3, 0.4) is 0 Å². The third-order valence-electron chi connectivity index (χ3n) is 5.38. The molecule has 3 aromatic rings. The highest BCUT2D eigenvalue weighted by Gasteiger charge is 2.40. The van der Waals surface area contributed by atoms with Crippen LogP contribution in [0.5, 0.6) is 5.75 Å². The van der Waals surface area contributed by atoms with E-state index in [1.165, 1.54) is 22.9 Å². The minimum atomic E-state index is -0.559. The van der Waals surface area contributed by atoms with E-state index in [0.29, 0.717) is 22.9 Å². The number of amides is 2. The highest BCUT2D eigenvalue weighted by Crippen LogP contribution is 2.42. The Morgan fingerprint density at radius 2 is 1.91 bits per heavy atom. The topological polar surface area (TPSA) is 95.6 Å². The number of hydrogen-bond acceptors (Lipinski definition) is 6. The van der Waals surface area contributed by atoms with E-state index >= 15 is 0 Å². The lowest BCUT2D eigenvalue weighted by Crippen LogP contribution is -2.32. The molecule has 34 heavy (non-hydrogen) atoms. The maximum absolute atomic E-state index is 13.5. The van der Waals surface area contributed by atoms with Gasteiger partial charge in [-0.3, -0.25) is 14.5 Å². The van der Waals surface area contributed by atoms with Crippen LogP contribution in [-0.2, 0) is 22.6 Å². The van der Waals surface area contributed by atoms with E-state index in [9.17, 15) is 14.9 Å². The van der Waals surface area contributed by atoms with Gasteiger partial charge < -0.3 is 14.5 Å². The summed E-state index contributed by atoms with van der Waals surface area (Å²) >= 11 is 1.23. The summed E-state index contributed by atoms with van der Waals surface area (Å²) in [4.78, 5) is 27.9. The molecule has 4 rings (SSSR count). The van der Waals surface area contributed by atoms with Crippen molar-refractivity contribution in [3.8, 4) is 11.8 Å². The number of rotatable bonds is 7. The van der Waals surface area contributed by atoms with Crippen molar-refractivity contribution in [1.29, 1.82) is 5.26 Å². The largest absolute Gasteiger partial charge is 0.497 e. The summed E-state index contributed by atoms with van der Waals surface area (Å²) in [7, 11) is 1.60. The molecule has 2 heterocycles. The number of methoxy groups -OCH3 is 1. The van der Waals surface area contributed by atoms with Gasteiger partial charge in [-0.05, 0) is 55.3 Å². The van der Waals surface area contributed by atoms with Crippen molar-refractivity contribution in [2.45, 2.75) is 25.1 Å². The number of aryl methyl sites for hydroxylation is 1. The van der Waals surface area contributed by atoms with E-state index in [1.54, 1.807) is 19.2 Å². The second kappa shape index (κ2) is 10.3. The number of thioether (sulfide) groups is 1. The molecule has 7 nitrogen and oxygen atoms in total. The Hall–Kier alpha value is -3.96. The fraction of sp³-hybridized carbons (Fsp3) is 0.192. The van der Waals surface area contributed by atoms with Gasteiger partial charge in [-0.25, -0.2) is 0 Å². The van der Waals surface area contributed by atoms with Crippen LogP contribution >= 0.6 is 11.8 Å². The molecular formula is C26H23N3O4S. The number of ether oxygens (including phenoxy) is 1. The summed E-state index contributed by atoms with van der Waals surface area (Å²) in [5.41, 5.74) is 2.50. The molecule has 1 atom stereocenters. The SMILES string of the molecule is COc1ccc(C[C@@H]2S/C(=C(/C#N)C(=O)NCc3ccco3)N(c3ccc(C)cc3)C2=O)cc1. The number of furan rings is 1. The smallest absolute Gasteiger partial charge is 0.265 e. The molecule has 1 fully saturated rings. The maximum atomic E-state index is 13.5. The first-order chi connectivity index (χ1) is 16.5. The molecule has 1 aliphatic heterocycles. The average Bonchev–Trinajstić information content (AvgIpc) is 3.48. The monoisotopic (exact) mass is 473 g/mol. The molecule has 2 amide bonds. The van der Waals surface area contributed by atoms with Gasteiger partial charge >= 0.3 is 0 Å². The van der Waals surface area contributed by atoms with Gasteiger partial charge in [-0.2, -0.15) is 5.26 Å². The Morgan fingerprint density at radius 1 is 1.18 bits per heavy atom. The number of carbonyl (C=O) groups is 2. The summed E-state index contributed by atoms with van der Waals surface area (Å²) in [6.45, 7) is 2.10. The van der Waals surface area contributed by atoms with Gasteiger partial charge in [0.1, 0.15) is 28.2 Å². The van der Waals surface area contributed by atoms with Gasteiger partial charge in [-0.15, -0.1) is 0 Å². The maximum Gasteiger partial charge on any atom is 0.265 e. The summed E-state index contributed by atoms with van der Waals surface area (Å²) in [6, 6.07) is 20.4. The van der Waals surface area contributed by atoms with Crippen molar-refractivity contribution in [3.63, 3.8) is 0 Å². The van der Waals surface area contributed by atoms with Crippen LogP contribution in [0.1, 0.15) is 16.9 Å². The van der Waals surface area contributed by atoms with Crippen LogP contribution in [0.15, 0.2) is 81.9 Å². The van der Waals surface area contributed by atoms with Gasteiger partial charge in [0, 0.05) is 5.69 Å². The fourth-order valence-corrected chi connectivity index (χ4v) is 4.87. The van der Waals surface area contributed by atoms with Gasteiger partial charge in [0.25, 0.3) is 5.91 Å². The third kappa shape index (κ3) is 5.00. The standard InChI is InChI=1S/C26H23N3O4S/c1-17-5-9-19(10-6-17)29-25(31)23(14-18-7-11-20(32-2)12-8-18)34-26(29)22(15-27)24(30)28-16-21-4-3-13-33-21/h3-13,23H,14,16H2,1-2H3,(H,28,30)/b26-22-/t23-/m0/s1. The van der Waals surface area contributed by atoms with Crippen molar-refractivity contribution in [2.75, 3.05) is 12.0 Å². The van der Waals surface area contributed by atoms with Crippen molar-refractivity contribution in [1.82, 2.24) is 5.32 Å². The lowest BCUT2D eigenvalue weighted by molar-refractivity contribution is -0.117. The van der Waals surface area contributed by atoms with Crippen LogP contribution in [-0.4, -0.2) is 24.2 Å². The highest BCUT2D eigenvalue weighted by molar-refractivity contribution is 8.05. The normalized spacial score (nSPS) is 16.8. The lowest BCUT2D eigenvalue weighted by Gasteiger charge is -2.19. The van der Waals surface area contributed by atoms with Gasteiger partial charge in [0.2, 0.25) is 5.91 Å². The van der Waals surface area contributed by atoms with Crippen LogP contribution in [0.25, 0.3) is 0 Å². The highest BCUT2D eigenvalue weighted by atomic mass is 32.2. The van der Waals surface area contributed by atoms with E-state index in [1.807, 2.05) is 61.5 Å². The number of nitrogens with one attached hydrogen (secondary N) is 1. The Labute approximate surface area is 202 Å². The zero-order chi connectivity index (χ0) is 24.1. The molecule has 0 aliphatic carbocycles. The molecule has 0 spiro atoms. The Bertz CT molecular complexity index is 1240. The Balaban J connectivity index is 1.66. The first-order valence-corrected chi connectivity index (χ1v) is 11.5. The van der Waals surface area contributed by atoms with Crippen molar-refractivity contribution >= 4 is 29.3 Å². The predicted octanol–water partition coefficient (Wildman–Crippen LogP) is 4.34. The first kappa shape index (κ1) is 23.2. The van der Waals surface area contributed by atoms with E-state index in [0.717, 1.165) is 16.9 Å². The lowest BCUT2D eigenvalue weighted by atomic mass is 10.1. The molecule has 1 aromatic heterocycles. The average molecular weight is 474 g/mol. The number of anilines is 1. The van der Waals surface area contributed by atoms with Crippen LogP contribution in [0.2, 0.25) is 0 Å². The second-order valence-electron chi connectivity index (χ2n) is 7.72. The second-order valence-corrected chi connectivity index (χ2v) is 8.91. The molecule has 1 aliphatic rings. The molecule has 1 N–H and O–H groups in total. The zero-order valence-electron chi connectivity index (χ0n) is 18.8. The molecule has 0 unspecified atom stereocenters. The van der Waals surface area contributed by atoms with Crippen LogP contribution in [0.4, 0.5) is 5.69 Å². The zero-order valence-corrected chi connectivity index (χ0v) is 19.6.